The van der Waals surface area contributed by atoms with Crippen molar-refractivity contribution in [2.24, 2.45) is 10.9 Å². The van der Waals surface area contributed by atoms with E-state index >= 15 is 0 Å². The van der Waals surface area contributed by atoms with Crippen LogP contribution in [0.4, 0.5) is 0 Å². The predicted molar refractivity (Wildman–Crippen MR) is 91.6 cm³/mol. The van der Waals surface area contributed by atoms with E-state index in [0.29, 0.717) is 13.2 Å². The summed E-state index contributed by atoms with van der Waals surface area (Å²) in [6.07, 6.45) is 5.16. The van der Waals surface area contributed by atoms with Crippen LogP contribution < -0.4 is 5.32 Å². The first-order valence-electron chi connectivity index (χ1n) is 8.63. The molecule has 0 amide bonds. The fourth-order valence-corrected chi connectivity index (χ4v) is 2.76. The van der Waals surface area contributed by atoms with E-state index in [-0.39, 0.29) is 0 Å². The van der Waals surface area contributed by atoms with Crippen LogP contribution in [-0.2, 0) is 17.7 Å². The molecule has 2 heterocycles. The summed E-state index contributed by atoms with van der Waals surface area (Å²) >= 11 is 0. The zero-order valence-corrected chi connectivity index (χ0v) is 14.7. The topological polar surface area (TPSA) is 67.6 Å². The van der Waals surface area contributed by atoms with Gasteiger partial charge >= 0.3 is 0 Å². The summed E-state index contributed by atoms with van der Waals surface area (Å²) in [4.78, 5) is 7.05. The van der Waals surface area contributed by atoms with Crippen LogP contribution in [0.1, 0.15) is 32.5 Å². The van der Waals surface area contributed by atoms with Crippen LogP contribution in [0.25, 0.3) is 0 Å². The molecule has 130 valence electrons. The molecule has 0 spiro atoms. The Balaban J connectivity index is 1.88. The molecule has 1 aromatic heterocycles. The van der Waals surface area contributed by atoms with Gasteiger partial charge in [0.25, 0.3) is 0 Å². The second kappa shape index (κ2) is 9.50. The fraction of sp³-hybridized carbons (Fsp3) is 0.812. The van der Waals surface area contributed by atoms with E-state index < -0.39 is 0 Å². The number of rotatable bonds is 7. The molecule has 7 nitrogen and oxygen atoms in total. The second-order valence-corrected chi connectivity index (χ2v) is 6.09. The number of hydrogen-bond donors (Lipinski definition) is 1. The molecule has 0 radical (unpaired) electrons. The Labute approximate surface area is 139 Å². The number of aliphatic imine (C=N–C) groups is 1. The summed E-state index contributed by atoms with van der Waals surface area (Å²) in [5.41, 5.74) is 0. The summed E-state index contributed by atoms with van der Waals surface area (Å²) in [6, 6.07) is 0. The highest BCUT2D eigenvalue weighted by Gasteiger charge is 2.18. The van der Waals surface area contributed by atoms with Gasteiger partial charge in [-0.25, -0.2) is 0 Å². The number of aryl methyl sites for hydroxylation is 1. The molecule has 0 bridgehead atoms. The van der Waals surface area contributed by atoms with Gasteiger partial charge in [0.05, 0.1) is 13.2 Å². The average molecular weight is 322 g/mol. The average Bonchev–Trinajstić information content (AvgIpc) is 3.02. The number of methoxy groups -OCH3 is 1. The fourth-order valence-electron chi connectivity index (χ4n) is 2.76. The van der Waals surface area contributed by atoms with Crippen LogP contribution in [0.15, 0.2) is 11.3 Å². The van der Waals surface area contributed by atoms with Crippen molar-refractivity contribution in [3.8, 4) is 0 Å². The molecule has 0 atom stereocenters. The van der Waals surface area contributed by atoms with Crippen molar-refractivity contribution < 1.29 is 4.74 Å². The molecule has 1 aromatic rings. The molecule has 0 unspecified atom stereocenters. The van der Waals surface area contributed by atoms with Gasteiger partial charge in [-0.2, -0.15) is 0 Å². The van der Waals surface area contributed by atoms with Gasteiger partial charge in [-0.15, -0.1) is 10.2 Å². The lowest BCUT2D eigenvalue weighted by atomic mass is 10.00. The van der Waals surface area contributed by atoms with Crippen molar-refractivity contribution in [2.75, 3.05) is 39.9 Å². The number of guanidine groups is 1. The molecule has 2 rings (SSSR count). The number of ether oxygens (including phenoxy) is 1. The van der Waals surface area contributed by atoms with Crippen LogP contribution in [-0.4, -0.2) is 65.5 Å². The van der Waals surface area contributed by atoms with Gasteiger partial charge in [0.15, 0.2) is 5.96 Å². The van der Waals surface area contributed by atoms with Crippen molar-refractivity contribution in [3.05, 3.63) is 12.2 Å². The summed E-state index contributed by atoms with van der Waals surface area (Å²) < 4.78 is 7.21. The minimum absolute atomic E-state index is 0.654. The molecule has 7 heteroatoms. The van der Waals surface area contributed by atoms with E-state index in [1.807, 2.05) is 0 Å². The van der Waals surface area contributed by atoms with Gasteiger partial charge < -0.3 is 19.5 Å². The smallest absolute Gasteiger partial charge is 0.194 e. The third kappa shape index (κ3) is 5.49. The van der Waals surface area contributed by atoms with Gasteiger partial charge in [-0.3, -0.25) is 4.99 Å². The summed E-state index contributed by atoms with van der Waals surface area (Å²) in [5.74, 6) is 2.84. The van der Waals surface area contributed by atoms with Gasteiger partial charge in [0.1, 0.15) is 12.2 Å². The first kappa shape index (κ1) is 17.7. The quantitative estimate of drug-likeness (QED) is 0.464. The highest BCUT2D eigenvalue weighted by atomic mass is 16.5. The largest absolute Gasteiger partial charge is 0.383 e. The van der Waals surface area contributed by atoms with Crippen LogP contribution >= 0.6 is 0 Å². The van der Waals surface area contributed by atoms with Crippen LogP contribution in [0.3, 0.4) is 0 Å². The normalized spacial score (nSPS) is 16.8. The zero-order valence-electron chi connectivity index (χ0n) is 14.7. The number of nitrogens with zero attached hydrogens (tertiary/aromatic N) is 5. The monoisotopic (exact) mass is 322 g/mol. The highest BCUT2D eigenvalue weighted by molar-refractivity contribution is 5.80. The molecule has 1 N–H and O–H groups in total. The summed E-state index contributed by atoms with van der Waals surface area (Å²) in [5, 5.41) is 11.6. The highest BCUT2D eigenvalue weighted by Crippen LogP contribution is 2.15. The van der Waals surface area contributed by atoms with E-state index in [2.05, 4.69) is 43.8 Å². The molecular weight excluding hydrogens is 292 g/mol. The summed E-state index contributed by atoms with van der Waals surface area (Å²) in [6.45, 7) is 9.59. The van der Waals surface area contributed by atoms with Gasteiger partial charge in [-0.1, -0.05) is 13.8 Å². The number of hydrogen-bond acceptors (Lipinski definition) is 4. The lowest BCUT2D eigenvalue weighted by Gasteiger charge is -2.33. The molecule has 0 aliphatic carbocycles. The Morgan fingerprint density at radius 1 is 1.43 bits per heavy atom. The summed E-state index contributed by atoms with van der Waals surface area (Å²) in [7, 11) is 1.71. The predicted octanol–water partition coefficient (Wildman–Crippen LogP) is 1.16. The van der Waals surface area contributed by atoms with Crippen LogP contribution in [0.2, 0.25) is 0 Å². The van der Waals surface area contributed by atoms with Gasteiger partial charge in [0.2, 0.25) is 0 Å². The maximum Gasteiger partial charge on any atom is 0.194 e. The maximum absolute atomic E-state index is 5.12. The molecule has 0 saturated carbocycles. The molecular formula is C16H30N6O. The first-order chi connectivity index (χ1) is 11.2. The third-order valence-electron chi connectivity index (χ3n) is 4.29. The Morgan fingerprint density at radius 2 is 2.22 bits per heavy atom. The Kier molecular flexibility index (Phi) is 7.32. The minimum Gasteiger partial charge on any atom is -0.383 e. The molecule has 1 saturated heterocycles. The van der Waals surface area contributed by atoms with Crippen molar-refractivity contribution >= 4 is 5.96 Å². The third-order valence-corrected chi connectivity index (χ3v) is 4.29. The van der Waals surface area contributed by atoms with E-state index in [1.165, 1.54) is 12.8 Å². The Bertz CT molecular complexity index is 479. The maximum atomic E-state index is 5.12. The van der Waals surface area contributed by atoms with E-state index in [9.17, 15) is 0 Å². The lowest BCUT2D eigenvalue weighted by molar-refractivity contribution is 0.206. The number of piperidine rings is 1. The van der Waals surface area contributed by atoms with E-state index in [0.717, 1.165) is 50.3 Å². The van der Waals surface area contributed by atoms with Crippen molar-refractivity contribution in [1.29, 1.82) is 0 Å². The van der Waals surface area contributed by atoms with E-state index in [4.69, 9.17) is 4.74 Å². The van der Waals surface area contributed by atoms with Crippen molar-refractivity contribution in [2.45, 2.75) is 39.7 Å². The molecule has 1 aliphatic heterocycles. The van der Waals surface area contributed by atoms with Crippen LogP contribution in [0.5, 0.6) is 0 Å². The van der Waals surface area contributed by atoms with Gasteiger partial charge in [-0.05, 0) is 18.8 Å². The molecule has 1 fully saturated rings. The van der Waals surface area contributed by atoms with Crippen LogP contribution in [0, 0.1) is 5.92 Å². The number of nitrogens with one attached hydrogen (secondary N) is 1. The van der Waals surface area contributed by atoms with E-state index in [1.54, 1.807) is 13.4 Å². The Morgan fingerprint density at radius 3 is 2.91 bits per heavy atom. The first-order valence-corrected chi connectivity index (χ1v) is 8.63. The Hall–Kier alpha value is -1.63. The zero-order chi connectivity index (χ0) is 16.5. The number of aromatic nitrogens is 3. The molecule has 23 heavy (non-hydrogen) atoms. The lowest BCUT2D eigenvalue weighted by Crippen LogP contribution is -2.46. The number of likely N-dealkylation sites (tertiary alicyclic amines) is 1. The standard InChI is InChI=1S/C16H30N6O/c1-4-15-20-19-13-22(15)11-7-17-16(18-8-12-23-3)21-9-5-14(2)6-10-21/h13-14H,4-12H2,1-3H3,(H,17,18). The molecule has 0 aromatic carbocycles. The van der Waals surface area contributed by atoms with Crippen molar-refractivity contribution in [1.82, 2.24) is 25.0 Å². The molecule has 1 aliphatic rings. The second-order valence-electron chi connectivity index (χ2n) is 6.09. The SMILES string of the molecule is CCc1nncn1CCNC(=NCCOC)N1CCC(C)CC1. The van der Waals surface area contributed by atoms with Crippen molar-refractivity contribution in [3.63, 3.8) is 0 Å². The van der Waals surface area contributed by atoms with Gasteiger partial charge in [0, 0.05) is 39.7 Å². The minimum atomic E-state index is 0.654.